The van der Waals surface area contributed by atoms with Crippen LogP contribution < -0.4 is 5.43 Å². The highest BCUT2D eigenvalue weighted by Gasteiger charge is 2.05. The lowest BCUT2D eigenvalue weighted by Crippen LogP contribution is -1.99. The summed E-state index contributed by atoms with van der Waals surface area (Å²) >= 11 is 0. The fourth-order valence-corrected chi connectivity index (χ4v) is 2.66. The van der Waals surface area contributed by atoms with Crippen molar-refractivity contribution in [3.05, 3.63) is 83.4 Å². The van der Waals surface area contributed by atoms with Crippen LogP contribution in [0.2, 0.25) is 0 Å². The molecule has 0 N–H and O–H groups in total. The Morgan fingerprint density at radius 1 is 0.773 bits per heavy atom. The van der Waals surface area contributed by atoms with E-state index in [4.69, 9.17) is 0 Å². The van der Waals surface area contributed by atoms with E-state index in [1.165, 1.54) is 0 Å². The van der Waals surface area contributed by atoms with E-state index in [0.29, 0.717) is 16.3 Å². The molecule has 0 unspecified atom stereocenters. The van der Waals surface area contributed by atoms with E-state index >= 15 is 0 Å². The van der Waals surface area contributed by atoms with Crippen LogP contribution in [0.15, 0.2) is 78.0 Å². The van der Waals surface area contributed by atoms with Gasteiger partial charge in [-0.05, 0) is 35.2 Å². The molecule has 0 fully saturated rings. The Morgan fingerprint density at radius 3 is 2.45 bits per heavy atom. The summed E-state index contributed by atoms with van der Waals surface area (Å²) < 4.78 is 0. The molecule has 0 amide bonds. The van der Waals surface area contributed by atoms with E-state index in [1.807, 2.05) is 54.6 Å². The normalized spacial score (nSPS) is 10.9. The standard InChI is InChI=1S/C19H12N2O/c22-19-16-4-2-1-3-14(16)5-6-18-17(19)11-15(12-21-18)13-7-9-20-10-8-13/h1-12H. The molecule has 2 aromatic carbocycles. The molecule has 4 aromatic rings. The van der Waals surface area contributed by atoms with Gasteiger partial charge in [-0.3, -0.25) is 14.8 Å². The number of nitrogens with zero attached hydrogens (tertiary/aromatic N) is 2. The molecule has 0 aliphatic carbocycles. The first-order valence-corrected chi connectivity index (χ1v) is 7.05. The van der Waals surface area contributed by atoms with Crippen LogP contribution in [0.5, 0.6) is 0 Å². The van der Waals surface area contributed by atoms with Gasteiger partial charge < -0.3 is 0 Å². The van der Waals surface area contributed by atoms with Crippen LogP contribution in [0.1, 0.15) is 0 Å². The summed E-state index contributed by atoms with van der Waals surface area (Å²) in [7, 11) is 0. The van der Waals surface area contributed by atoms with E-state index in [-0.39, 0.29) is 5.43 Å². The maximum Gasteiger partial charge on any atom is 0.195 e. The maximum atomic E-state index is 12.8. The Kier molecular flexibility index (Phi) is 2.90. The van der Waals surface area contributed by atoms with Crippen molar-refractivity contribution in [2.45, 2.75) is 0 Å². The summed E-state index contributed by atoms with van der Waals surface area (Å²) in [4.78, 5) is 21.3. The molecular weight excluding hydrogens is 272 g/mol. The van der Waals surface area contributed by atoms with Gasteiger partial charge in [-0.15, -0.1) is 0 Å². The van der Waals surface area contributed by atoms with Gasteiger partial charge in [0.1, 0.15) is 0 Å². The summed E-state index contributed by atoms with van der Waals surface area (Å²) in [6.45, 7) is 0. The Balaban J connectivity index is 2.10. The molecule has 22 heavy (non-hydrogen) atoms. The smallest absolute Gasteiger partial charge is 0.195 e. The zero-order valence-electron chi connectivity index (χ0n) is 11.7. The van der Waals surface area contributed by atoms with E-state index in [0.717, 1.165) is 16.5 Å². The van der Waals surface area contributed by atoms with Crippen LogP contribution in [0, 0.1) is 0 Å². The number of hydrogen-bond donors (Lipinski definition) is 0. The minimum atomic E-state index is 0.0130. The highest BCUT2D eigenvalue weighted by atomic mass is 16.1. The molecule has 3 nitrogen and oxygen atoms in total. The molecule has 0 spiro atoms. The number of benzene rings is 1. The lowest BCUT2D eigenvalue weighted by atomic mass is 10.1. The SMILES string of the molecule is O=c1c2ccccc2ccc2ncc(-c3ccncc3)cc12. The average Bonchev–Trinajstić information content (AvgIpc) is 2.73. The summed E-state index contributed by atoms with van der Waals surface area (Å²) in [5.74, 6) is 0. The average molecular weight is 284 g/mol. The van der Waals surface area contributed by atoms with Gasteiger partial charge in [0.25, 0.3) is 0 Å². The highest BCUT2D eigenvalue weighted by molar-refractivity contribution is 5.93. The van der Waals surface area contributed by atoms with Crippen molar-refractivity contribution in [1.29, 1.82) is 0 Å². The number of hydrogen-bond acceptors (Lipinski definition) is 3. The van der Waals surface area contributed by atoms with Crippen LogP contribution >= 0.6 is 0 Å². The molecule has 0 saturated carbocycles. The van der Waals surface area contributed by atoms with Crippen molar-refractivity contribution in [3.8, 4) is 11.1 Å². The van der Waals surface area contributed by atoms with Gasteiger partial charge in [-0.25, -0.2) is 0 Å². The molecule has 0 radical (unpaired) electrons. The second kappa shape index (κ2) is 5.04. The summed E-state index contributed by atoms with van der Waals surface area (Å²) in [6, 6.07) is 17.2. The minimum Gasteiger partial charge on any atom is -0.289 e. The molecular formula is C19H12N2O. The fourth-order valence-electron chi connectivity index (χ4n) is 2.66. The van der Waals surface area contributed by atoms with E-state index < -0.39 is 0 Å². The Bertz CT molecular complexity index is 1040. The van der Waals surface area contributed by atoms with Gasteiger partial charge in [0.15, 0.2) is 5.43 Å². The number of pyridine rings is 2. The minimum absolute atomic E-state index is 0.0130. The van der Waals surface area contributed by atoms with Crippen molar-refractivity contribution in [1.82, 2.24) is 9.97 Å². The molecule has 3 heteroatoms. The third kappa shape index (κ3) is 2.04. The van der Waals surface area contributed by atoms with Crippen LogP contribution in [0.4, 0.5) is 0 Å². The van der Waals surface area contributed by atoms with Crippen LogP contribution in [-0.2, 0) is 0 Å². The van der Waals surface area contributed by atoms with Gasteiger partial charge in [0.05, 0.1) is 5.52 Å². The Hall–Kier alpha value is -3.07. The quantitative estimate of drug-likeness (QED) is 0.534. The molecule has 0 atom stereocenters. The largest absolute Gasteiger partial charge is 0.289 e. The lowest BCUT2D eigenvalue weighted by molar-refractivity contribution is 1.32. The van der Waals surface area contributed by atoms with Gasteiger partial charge in [-0.1, -0.05) is 30.3 Å². The maximum absolute atomic E-state index is 12.8. The first kappa shape index (κ1) is 12.7. The number of fused-ring (bicyclic) bond motifs is 2. The van der Waals surface area contributed by atoms with Crippen LogP contribution in [0.3, 0.4) is 0 Å². The van der Waals surface area contributed by atoms with E-state index in [1.54, 1.807) is 18.6 Å². The Morgan fingerprint density at radius 2 is 1.59 bits per heavy atom. The molecule has 0 aliphatic rings. The van der Waals surface area contributed by atoms with Gasteiger partial charge in [0.2, 0.25) is 0 Å². The van der Waals surface area contributed by atoms with Gasteiger partial charge in [-0.2, -0.15) is 0 Å². The topological polar surface area (TPSA) is 42.9 Å². The number of rotatable bonds is 1. The predicted octanol–water partition coefficient (Wildman–Crippen LogP) is 3.81. The first-order chi connectivity index (χ1) is 10.8. The lowest BCUT2D eigenvalue weighted by Gasteiger charge is -2.01. The molecule has 0 saturated heterocycles. The van der Waals surface area contributed by atoms with Crippen molar-refractivity contribution < 1.29 is 0 Å². The summed E-state index contributed by atoms with van der Waals surface area (Å²) in [6.07, 6.45) is 5.26. The summed E-state index contributed by atoms with van der Waals surface area (Å²) in [5.41, 5.74) is 2.64. The van der Waals surface area contributed by atoms with Crippen LogP contribution in [0.25, 0.3) is 32.8 Å². The second-order valence-electron chi connectivity index (χ2n) is 5.14. The Labute approximate surface area is 126 Å². The first-order valence-electron chi connectivity index (χ1n) is 7.05. The zero-order chi connectivity index (χ0) is 14.9. The third-order valence-corrected chi connectivity index (χ3v) is 3.80. The van der Waals surface area contributed by atoms with Crippen molar-refractivity contribution in [2.75, 3.05) is 0 Å². The molecule has 0 aliphatic heterocycles. The molecule has 2 heterocycles. The highest BCUT2D eigenvalue weighted by Crippen LogP contribution is 2.21. The van der Waals surface area contributed by atoms with Crippen molar-refractivity contribution in [3.63, 3.8) is 0 Å². The third-order valence-electron chi connectivity index (χ3n) is 3.80. The van der Waals surface area contributed by atoms with Crippen molar-refractivity contribution >= 4 is 21.7 Å². The zero-order valence-corrected chi connectivity index (χ0v) is 11.7. The monoisotopic (exact) mass is 284 g/mol. The van der Waals surface area contributed by atoms with E-state index in [9.17, 15) is 4.79 Å². The number of aromatic nitrogens is 2. The van der Waals surface area contributed by atoms with Gasteiger partial charge in [0, 0.05) is 34.9 Å². The predicted molar refractivity (Wildman–Crippen MR) is 88.8 cm³/mol. The van der Waals surface area contributed by atoms with Crippen LogP contribution in [-0.4, -0.2) is 9.97 Å². The molecule has 0 bridgehead atoms. The molecule has 104 valence electrons. The van der Waals surface area contributed by atoms with Crippen molar-refractivity contribution in [2.24, 2.45) is 0 Å². The molecule has 4 rings (SSSR count). The summed E-state index contributed by atoms with van der Waals surface area (Å²) in [5, 5.41) is 2.28. The molecule has 2 aromatic heterocycles. The van der Waals surface area contributed by atoms with E-state index in [2.05, 4.69) is 9.97 Å². The fraction of sp³-hybridized carbons (Fsp3) is 0. The van der Waals surface area contributed by atoms with Gasteiger partial charge >= 0.3 is 0 Å². The second-order valence-corrected chi connectivity index (χ2v) is 5.14.